The van der Waals surface area contributed by atoms with E-state index in [-0.39, 0.29) is 6.10 Å². The zero-order valence-corrected chi connectivity index (χ0v) is 11.5. The van der Waals surface area contributed by atoms with Crippen LogP contribution in [-0.4, -0.2) is 29.4 Å². The van der Waals surface area contributed by atoms with Crippen LogP contribution in [0.15, 0.2) is 16.8 Å². The zero-order chi connectivity index (χ0) is 12.8. The number of aliphatic hydroxyl groups is 2. The summed E-state index contributed by atoms with van der Waals surface area (Å²) in [5.41, 5.74) is 0.956. The number of rotatable bonds is 7. The Bertz CT molecular complexity index is 323. The summed E-state index contributed by atoms with van der Waals surface area (Å²) in [7, 11) is 0. The number of hydrogen-bond donors (Lipinski definition) is 3. The molecule has 1 aliphatic rings. The topological polar surface area (TPSA) is 52.5 Å². The van der Waals surface area contributed by atoms with Crippen LogP contribution in [0.3, 0.4) is 0 Å². The van der Waals surface area contributed by atoms with Crippen molar-refractivity contribution in [1.82, 2.24) is 5.32 Å². The molecule has 0 aliphatic heterocycles. The first-order valence-electron chi connectivity index (χ1n) is 6.84. The molecule has 1 aromatic heterocycles. The molecule has 1 aliphatic carbocycles. The van der Waals surface area contributed by atoms with Crippen LogP contribution in [-0.2, 0) is 0 Å². The number of thiophene rings is 1. The quantitative estimate of drug-likeness (QED) is 0.712. The van der Waals surface area contributed by atoms with Crippen molar-refractivity contribution in [2.45, 2.75) is 44.3 Å². The third kappa shape index (κ3) is 4.35. The lowest BCUT2D eigenvalue weighted by molar-refractivity contribution is 0.127. The maximum absolute atomic E-state index is 9.91. The minimum atomic E-state index is -0.463. The van der Waals surface area contributed by atoms with Crippen LogP contribution in [0.4, 0.5) is 0 Å². The highest BCUT2D eigenvalue weighted by Crippen LogP contribution is 2.28. The van der Waals surface area contributed by atoms with E-state index in [2.05, 4.69) is 5.32 Å². The zero-order valence-electron chi connectivity index (χ0n) is 10.7. The molecule has 3 N–H and O–H groups in total. The van der Waals surface area contributed by atoms with Crippen molar-refractivity contribution in [3.63, 3.8) is 0 Å². The van der Waals surface area contributed by atoms with Gasteiger partial charge in [-0.05, 0) is 34.7 Å². The van der Waals surface area contributed by atoms with E-state index in [9.17, 15) is 10.2 Å². The molecular formula is C14H23NO2S. The largest absolute Gasteiger partial charge is 0.392 e. The minimum Gasteiger partial charge on any atom is -0.392 e. The highest BCUT2D eigenvalue weighted by molar-refractivity contribution is 7.07. The molecule has 0 spiro atoms. The summed E-state index contributed by atoms with van der Waals surface area (Å²) >= 11 is 1.59. The molecule has 1 saturated carbocycles. The van der Waals surface area contributed by atoms with Crippen LogP contribution in [0.2, 0.25) is 0 Å². The second-order valence-electron chi connectivity index (χ2n) is 5.27. The van der Waals surface area contributed by atoms with Crippen molar-refractivity contribution >= 4 is 11.3 Å². The van der Waals surface area contributed by atoms with Gasteiger partial charge in [0.2, 0.25) is 0 Å². The van der Waals surface area contributed by atoms with E-state index < -0.39 is 6.10 Å². The van der Waals surface area contributed by atoms with Gasteiger partial charge in [0.05, 0.1) is 12.2 Å². The smallest absolute Gasteiger partial charge is 0.0922 e. The Labute approximate surface area is 113 Å². The molecule has 1 heterocycles. The average Bonchev–Trinajstić information content (AvgIpc) is 3.00. The molecule has 4 heteroatoms. The van der Waals surface area contributed by atoms with Crippen molar-refractivity contribution in [2.75, 3.05) is 13.1 Å². The third-order valence-corrected chi connectivity index (χ3v) is 4.43. The number of nitrogens with one attached hydrogen (secondary N) is 1. The van der Waals surface area contributed by atoms with Gasteiger partial charge >= 0.3 is 0 Å². The van der Waals surface area contributed by atoms with Gasteiger partial charge in [-0.1, -0.05) is 25.7 Å². The molecule has 102 valence electrons. The molecule has 1 aromatic rings. The second kappa shape index (κ2) is 7.24. The third-order valence-electron chi connectivity index (χ3n) is 3.73. The number of aliphatic hydroxyl groups excluding tert-OH is 2. The van der Waals surface area contributed by atoms with Crippen molar-refractivity contribution in [2.24, 2.45) is 5.92 Å². The summed E-state index contributed by atoms with van der Waals surface area (Å²) in [6, 6.07) is 1.94. The predicted octanol–water partition coefficient (Wildman–Crippen LogP) is 2.31. The highest BCUT2D eigenvalue weighted by atomic mass is 32.1. The molecule has 3 nitrogen and oxygen atoms in total. The first kappa shape index (κ1) is 14.0. The van der Waals surface area contributed by atoms with E-state index in [1.54, 1.807) is 11.3 Å². The van der Waals surface area contributed by atoms with E-state index >= 15 is 0 Å². The lowest BCUT2D eigenvalue weighted by atomic mass is 10.00. The van der Waals surface area contributed by atoms with E-state index in [0.717, 1.165) is 12.0 Å². The minimum absolute atomic E-state index is 0.275. The maximum Gasteiger partial charge on any atom is 0.0922 e. The summed E-state index contributed by atoms with van der Waals surface area (Å²) < 4.78 is 0. The van der Waals surface area contributed by atoms with Crippen molar-refractivity contribution < 1.29 is 10.2 Å². The fraction of sp³-hybridized carbons (Fsp3) is 0.714. The molecule has 2 rings (SSSR count). The van der Waals surface area contributed by atoms with Crippen LogP contribution >= 0.6 is 11.3 Å². The van der Waals surface area contributed by atoms with Gasteiger partial charge in [0.15, 0.2) is 0 Å². The highest BCUT2D eigenvalue weighted by Gasteiger charge is 2.18. The van der Waals surface area contributed by atoms with Gasteiger partial charge in [-0.15, -0.1) is 0 Å². The van der Waals surface area contributed by atoms with E-state index in [1.807, 2.05) is 16.8 Å². The number of hydrogen-bond acceptors (Lipinski definition) is 4. The maximum atomic E-state index is 9.91. The lowest BCUT2D eigenvalue weighted by Gasteiger charge is -2.17. The molecule has 2 unspecified atom stereocenters. The summed E-state index contributed by atoms with van der Waals surface area (Å²) in [6.07, 6.45) is 5.35. The fourth-order valence-corrected chi connectivity index (χ4v) is 3.39. The molecule has 0 bridgehead atoms. The van der Waals surface area contributed by atoms with Gasteiger partial charge in [0, 0.05) is 13.1 Å². The molecule has 2 atom stereocenters. The first-order chi connectivity index (χ1) is 8.75. The summed E-state index contributed by atoms with van der Waals surface area (Å²) in [5.74, 6) is 0.712. The summed E-state index contributed by atoms with van der Waals surface area (Å²) in [4.78, 5) is 0. The summed E-state index contributed by atoms with van der Waals surface area (Å²) in [5, 5.41) is 26.9. The lowest BCUT2D eigenvalue weighted by Crippen LogP contribution is -2.31. The van der Waals surface area contributed by atoms with Gasteiger partial charge in [-0.3, -0.25) is 0 Å². The molecule has 0 aromatic carbocycles. The summed E-state index contributed by atoms with van der Waals surface area (Å²) in [6.45, 7) is 1.09. The Morgan fingerprint density at radius 3 is 2.72 bits per heavy atom. The monoisotopic (exact) mass is 269 g/mol. The van der Waals surface area contributed by atoms with Crippen LogP contribution in [0.25, 0.3) is 0 Å². The van der Waals surface area contributed by atoms with Crippen LogP contribution in [0.5, 0.6) is 0 Å². The average molecular weight is 269 g/mol. The van der Waals surface area contributed by atoms with Crippen LogP contribution in [0, 0.1) is 5.92 Å². The molecule has 0 saturated heterocycles. The normalized spacial score (nSPS) is 20.1. The molecule has 1 fully saturated rings. The Morgan fingerprint density at radius 1 is 1.28 bits per heavy atom. The Balaban J connectivity index is 1.59. The molecular weight excluding hydrogens is 246 g/mol. The molecule has 18 heavy (non-hydrogen) atoms. The Kier molecular flexibility index (Phi) is 5.63. The van der Waals surface area contributed by atoms with Crippen LogP contribution in [0.1, 0.15) is 43.8 Å². The van der Waals surface area contributed by atoms with Gasteiger partial charge in [-0.2, -0.15) is 11.3 Å². The predicted molar refractivity (Wildman–Crippen MR) is 74.7 cm³/mol. The van der Waals surface area contributed by atoms with E-state index in [1.165, 1.54) is 25.7 Å². The SMILES string of the molecule is OC(CNCC(O)c1ccsc1)CC1CCCC1. The van der Waals surface area contributed by atoms with Gasteiger partial charge < -0.3 is 15.5 Å². The standard InChI is InChI=1S/C14H23NO2S/c16-13(7-11-3-1-2-4-11)8-15-9-14(17)12-5-6-18-10-12/h5-6,10-11,13-17H,1-4,7-9H2. The second-order valence-corrected chi connectivity index (χ2v) is 6.05. The van der Waals surface area contributed by atoms with Gasteiger partial charge in [0.25, 0.3) is 0 Å². The first-order valence-corrected chi connectivity index (χ1v) is 7.79. The van der Waals surface area contributed by atoms with Crippen molar-refractivity contribution in [1.29, 1.82) is 0 Å². The van der Waals surface area contributed by atoms with E-state index in [4.69, 9.17) is 0 Å². The molecule has 0 amide bonds. The van der Waals surface area contributed by atoms with Crippen LogP contribution < -0.4 is 5.32 Å². The van der Waals surface area contributed by atoms with Crippen molar-refractivity contribution in [3.8, 4) is 0 Å². The Hall–Kier alpha value is -0.420. The fourth-order valence-electron chi connectivity index (χ4n) is 2.68. The van der Waals surface area contributed by atoms with Crippen molar-refractivity contribution in [3.05, 3.63) is 22.4 Å². The van der Waals surface area contributed by atoms with E-state index in [0.29, 0.717) is 19.0 Å². The molecule has 0 radical (unpaired) electrons. The van der Waals surface area contributed by atoms with Gasteiger partial charge in [-0.25, -0.2) is 0 Å². The van der Waals surface area contributed by atoms with Gasteiger partial charge in [0.1, 0.15) is 0 Å². The Morgan fingerprint density at radius 2 is 2.06 bits per heavy atom.